The molecule has 0 aliphatic carbocycles. The van der Waals surface area contributed by atoms with Gasteiger partial charge in [0.05, 0.1) is 6.04 Å². The van der Waals surface area contributed by atoms with Crippen molar-refractivity contribution in [3.8, 4) is 0 Å². The van der Waals surface area contributed by atoms with Gasteiger partial charge in [-0.2, -0.15) is 5.10 Å². The van der Waals surface area contributed by atoms with Crippen LogP contribution >= 0.6 is 0 Å². The van der Waals surface area contributed by atoms with E-state index in [-0.39, 0.29) is 0 Å². The van der Waals surface area contributed by atoms with Crippen molar-refractivity contribution in [2.75, 3.05) is 0 Å². The molecule has 0 radical (unpaired) electrons. The molecule has 2 heterocycles. The van der Waals surface area contributed by atoms with Gasteiger partial charge in [-0.3, -0.25) is 5.01 Å². The van der Waals surface area contributed by atoms with E-state index in [0.717, 1.165) is 6.42 Å². The molecule has 11 heavy (non-hydrogen) atoms. The molecule has 0 bridgehead atoms. The molecule has 2 heteroatoms. The number of hydrazone groups is 1. The van der Waals surface area contributed by atoms with Gasteiger partial charge in [0.25, 0.3) is 0 Å². The molecule has 0 aromatic carbocycles. The molecule has 0 amide bonds. The maximum atomic E-state index is 4.13. The molecule has 2 nitrogen and oxygen atoms in total. The predicted molar refractivity (Wildman–Crippen MR) is 48.4 cm³/mol. The smallest absolute Gasteiger partial charge is 0.0752 e. The van der Waals surface area contributed by atoms with Crippen LogP contribution in [-0.2, 0) is 0 Å². The Morgan fingerprint density at radius 3 is 2.91 bits per heavy atom. The van der Waals surface area contributed by atoms with Gasteiger partial charge in [0.2, 0.25) is 0 Å². The zero-order chi connectivity index (χ0) is 8.10. The van der Waals surface area contributed by atoms with E-state index < -0.39 is 0 Å². The zero-order valence-electron chi connectivity index (χ0n) is 7.07. The van der Waals surface area contributed by atoms with Gasteiger partial charge in [-0.05, 0) is 6.08 Å². The first kappa shape index (κ1) is 8.05. The van der Waals surface area contributed by atoms with Gasteiger partial charge in [-0.25, -0.2) is 0 Å². The maximum Gasteiger partial charge on any atom is 0.0752 e. The lowest BCUT2D eigenvalue weighted by atomic mass is 10.2. The lowest BCUT2D eigenvalue weighted by molar-refractivity contribution is 0.368. The Balaban J connectivity index is 0.000000281. The summed E-state index contributed by atoms with van der Waals surface area (Å²) in [7, 11) is 0. The van der Waals surface area contributed by atoms with Crippen LogP contribution in [0, 0.1) is 0 Å². The van der Waals surface area contributed by atoms with Crippen LogP contribution in [-0.4, -0.2) is 17.3 Å². The van der Waals surface area contributed by atoms with Crippen LogP contribution in [0.1, 0.15) is 20.3 Å². The molecule has 0 spiro atoms. The Bertz CT molecular complexity index is 192. The lowest BCUT2D eigenvalue weighted by Crippen LogP contribution is -2.20. The molecule has 1 atom stereocenters. The van der Waals surface area contributed by atoms with Gasteiger partial charge in [0, 0.05) is 18.8 Å². The van der Waals surface area contributed by atoms with Crippen molar-refractivity contribution < 1.29 is 0 Å². The van der Waals surface area contributed by atoms with Gasteiger partial charge >= 0.3 is 0 Å². The number of allylic oxidation sites excluding steroid dienone is 2. The summed E-state index contributed by atoms with van der Waals surface area (Å²) in [6, 6.07) is 0.509. The van der Waals surface area contributed by atoms with Crippen LogP contribution in [0.15, 0.2) is 29.5 Å². The highest BCUT2D eigenvalue weighted by Gasteiger charge is 2.15. The molecule has 2 aliphatic rings. The summed E-state index contributed by atoms with van der Waals surface area (Å²) in [5.41, 5.74) is 0. The molecule has 0 N–H and O–H groups in total. The summed E-state index contributed by atoms with van der Waals surface area (Å²) in [5.74, 6) is 0. The zero-order valence-corrected chi connectivity index (χ0v) is 7.07. The second kappa shape index (κ2) is 3.96. The monoisotopic (exact) mass is 150 g/mol. The van der Waals surface area contributed by atoms with Gasteiger partial charge < -0.3 is 0 Å². The Labute approximate surface area is 67.9 Å². The van der Waals surface area contributed by atoms with Crippen LogP contribution in [0.5, 0.6) is 0 Å². The average Bonchev–Trinajstić information content (AvgIpc) is 2.55. The van der Waals surface area contributed by atoms with Crippen molar-refractivity contribution in [1.29, 1.82) is 0 Å². The van der Waals surface area contributed by atoms with Crippen LogP contribution < -0.4 is 0 Å². The molecular weight excluding hydrogens is 136 g/mol. The van der Waals surface area contributed by atoms with E-state index in [4.69, 9.17) is 0 Å². The van der Waals surface area contributed by atoms with Crippen molar-refractivity contribution in [3.05, 3.63) is 24.4 Å². The highest BCUT2D eigenvalue weighted by molar-refractivity contribution is 5.61. The van der Waals surface area contributed by atoms with E-state index in [1.165, 1.54) is 0 Å². The van der Waals surface area contributed by atoms with Gasteiger partial charge in [0.15, 0.2) is 0 Å². The third-order valence-corrected chi connectivity index (χ3v) is 1.58. The minimum absolute atomic E-state index is 0.509. The second-order valence-electron chi connectivity index (χ2n) is 2.21. The molecule has 0 aromatic heterocycles. The molecule has 0 saturated carbocycles. The predicted octanol–water partition coefficient (Wildman–Crippen LogP) is 2.16. The molecule has 60 valence electrons. The molecule has 0 saturated heterocycles. The minimum Gasteiger partial charge on any atom is -0.266 e. The molecule has 0 fully saturated rings. The molecule has 0 aromatic rings. The van der Waals surface area contributed by atoms with Gasteiger partial charge in [0.1, 0.15) is 0 Å². The topological polar surface area (TPSA) is 15.6 Å². The van der Waals surface area contributed by atoms with Crippen LogP contribution in [0.4, 0.5) is 0 Å². The van der Waals surface area contributed by atoms with E-state index in [2.05, 4.69) is 17.3 Å². The van der Waals surface area contributed by atoms with E-state index >= 15 is 0 Å². The summed E-state index contributed by atoms with van der Waals surface area (Å²) >= 11 is 0. The van der Waals surface area contributed by atoms with E-state index in [1.54, 1.807) is 0 Å². The van der Waals surface area contributed by atoms with Crippen molar-refractivity contribution in [2.45, 2.75) is 26.3 Å². The fourth-order valence-corrected chi connectivity index (χ4v) is 1.09. The molecular formula is C9H14N2. The molecule has 2 rings (SSSR count). The highest BCUT2D eigenvalue weighted by Crippen LogP contribution is 2.15. The summed E-state index contributed by atoms with van der Waals surface area (Å²) in [6.07, 6.45) is 11.2. The molecule has 2 aliphatic heterocycles. The Morgan fingerprint density at radius 2 is 2.18 bits per heavy atom. The SMILES string of the molecule is C1=CC2CC=NN2C=C1.CC. The van der Waals surface area contributed by atoms with E-state index in [0.29, 0.717) is 6.04 Å². The summed E-state index contributed by atoms with van der Waals surface area (Å²) in [6.45, 7) is 4.00. The number of nitrogens with zero attached hydrogens (tertiary/aromatic N) is 2. The van der Waals surface area contributed by atoms with Crippen molar-refractivity contribution >= 4 is 6.21 Å². The van der Waals surface area contributed by atoms with Gasteiger partial charge in [-0.1, -0.05) is 26.0 Å². The maximum absolute atomic E-state index is 4.13. The Hall–Kier alpha value is -1.05. The molecule has 1 unspecified atom stereocenters. The highest BCUT2D eigenvalue weighted by atomic mass is 15.5. The van der Waals surface area contributed by atoms with Crippen LogP contribution in [0.25, 0.3) is 0 Å². The van der Waals surface area contributed by atoms with Crippen molar-refractivity contribution in [3.63, 3.8) is 0 Å². The summed E-state index contributed by atoms with van der Waals surface area (Å²) in [5, 5.41) is 6.10. The lowest BCUT2D eigenvalue weighted by Gasteiger charge is -2.17. The average molecular weight is 150 g/mol. The largest absolute Gasteiger partial charge is 0.266 e. The number of hydrogen-bond donors (Lipinski definition) is 0. The third kappa shape index (κ3) is 1.70. The second-order valence-corrected chi connectivity index (χ2v) is 2.21. The first-order chi connectivity index (χ1) is 5.47. The number of fused-ring (bicyclic) bond motifs is 1. The summed E-state index contributed by atoms with van der Waals surface area (Å²) < 4.78 is 0. The fraction of sp³-hybridized carbons (Fsp3) is 0.444. The normalized spacial score (nSPS) is 24.5. The van der Waals surface area contributed by atoms with Crippen molar-refractivity contribution in [2.24, 2.45) is 5.10 Å². The quantitative estimate of drug-likeness (QED) is 0.516. The van der Waals surface area contributed by atoms with Crippen LogP contribution in [0.3, 0.4) is 0 Å². The van der Waals surface area contributed by atoms with E-state index in [9.17, 15) is 0 Å². The Morgan fingerprint density at radius 1 is 1.36 bits per heavy atom. The van der Waals surface area contributed by atoms with Gasteiger partial charge in [-0.15, -0.1) is 0 Å². The number of hydrogen-bond acceptors (Lipinski definition) is 2. The van der Waals surface area contributed by atoms with Crippen molar-refractivity contribution in [1.82, 2.24) is 5.01 Å². The van der Waals surface area contributed by atoms with Crippen LogP contribution in [0.2, 0.25) is 0 Å². The summed E-state index contributed by atoms with van der Waals surface area (Å²) in [4.78, 5) is 0. The number of rotatable bonds is 0. The standard InChI is InChI=1S/C7H8N2.C2H6/c1-2-6-9-7(3-1)4-5-8-9;1-2/h1-3,5-7H,4H2;1-2H3. The first-order valence-electron chi connectivity index (χ1n) is 4.12. The van der Waals surface area contributed by atoms with E-state index in [1.807, 2.05) is 37.3 Å². The Kier molecular flexibility index (Phi) is 2.90. The third-order valence-electron chi connectivity index (χ3n) is 1.58. The fourth-order valence-electron chi connectivity index (χ4n) is 1.09. The minimum atomic E-state index is 0.509. The first-order valence-corrected chi connectivity index (χ1v) is 4.12.